The van der Waals surface area contributed by atoms with Crippen LogP contribution in [0.15, 0.2) is 42.6 Å². The number of nitrogens with two attached hydrogens (primary N) is 1. The first kappa shape index (κ1) is 14.1. The first-order valence-electron chi connectivity index (χ1n) is 7.64. The van der Waals surface area contributed by atoms with E-state index in [4.69, 9.17) is 10.5 Å². The van der Waals surface area contributed by atoms with Gasteiger partial charge in [0.1, 0.15) is 0 Å². The van der Waals surface area contributed by atoms with Crippen LogP contribution < -0.4 is 10.5 Å². The topological polar surface area (TPSA) is 48.1 Å². The minimum atomic E-state index is 0.498. The molecule has 2 atom stereocenters. The van der Waals surface area contributed by atoms with Gasteiger partial charge in [0.15, 0.2) is 0 Å². The van der Waals surface area contributed by atoms with Crippen molar-refractivity contribution < 1.29 is 4.74 Å². The van der Waals surface area contributed by atoms with E-state index in [0.717, 1.165) is 41.7 Å². The molecule has 0 radical (unpaired) electrons. The van der Waals surface area contributed by atoms with E-state index in [0.29, 0.717) is 18.4 Å². The monoisotopic (exact) mass is 282 g/mol. The van der Waals surface area contributed by atoms with Crippen molar-refractivity contribution in [2.75, 3.05) is 6.61 Å². The third-order valence-electron chi connectivity index (χ3n) is 4.41. The molecule has 3 nitrogen and oxygen atoms in total. The van der Waals surface area contributed by atoms with Gasteiger partial charge in [-0.05, 0) is 41.7 Å². The number of nitrogens with zero attached hydrogens (tertiary/aromatic N) is 1. The van der Waals surface area contributed by atoms with Crippen molar-refractivity contribution in [1.82, 2.24) is 4.98 Å². The molecule has 0 fully saturated rings. The minimum Gasteiger partial charge on any atom is -0.477 e. The predicted octanol–water partition coefficient (Wildman–Crippen LogP) is 3.67. The van der Waals surface area contributed by atoms with E-state index in [-0.39, 0.29) is 0 Å². The molecule has 3 heteroatoms. The van der Waals surface area contributed by atoms with Crippen LogP contribution >= 0.6 is 0 Å². The van der Waals surface area contributed by atoms with Gasteiger partial charge in [-0.3, -0.25) is 0 Å². The van der Waals surface area contributed by atoms with Crippen molar-refractivity contribution in [3.63, 3.8) is 0 Å². The molecule has 2 N–H and O–H groups in total. The number of hydrogen-bond acceptors (Lipinski definition) is 3. The van der Waals surface area contributed by atoms with Crippen molar-refractivity contribution in [1.29, 1.82) is 0 Å². The fraction of sp³-hybridized carbons (Fsp3) is 0.389. The molecule has 2 unspecified atom stereocenters. The van der Waals surface area contributed by atoms with Crippen molar-refractivity contribution in [2.24, 2.45) is 17.6 Å². The summed E-state index contributed by atoms with van der Waals surface area (Å²) in [7, 11) is 0. The maximum absolute atomic E-state index is 6.04. The second-order valence-corrected chi connectivity index (χ2v) is 5.83. The van der Waals surface area contributed by atoms with Crippen molar-refractivity contribution in [3.05, 3.63) is 48.2 Å². The van der Waals surface area contributed by atoms with E-state index < -0.39 is 0 Å². The number of aromatic nitrogens is 1. The van der Waals surface area contributed by atoms with Gasteiger partial charge in [-0.1, -0.05) is 37.3 Å². The summed E-state index contributed by atoms with van der Waals surface area (Å²) in [6.45, 7) is 3.52. The zero-order chi connectivity index (χ0) is 14.7. The van der Waals surface area contributed by atoms with Crippen LogP contribution in [-0.2, 0) is 6.54 Å². The minimum absolute atomic E-state index is 0.498. The molecule has 1 aromatic carbocycles. The molecule has 3 rings (SSSR count). The summed E-state index contributed by atoms with van der Waals surface area (Å²) in [5.41, 5.74) is 6.85. The summed E-state index contributed by atoms with van der Waals surface area (Å²) >= 11 is 0. The summed E-state index contributed by atoms with van der Waals surface area (Å²) in [5.74, 6) is 1.97. The van der Waals surface area contributed by atoms with E-state index in [1.165, 1.54) is 0 Å². The Labute approximate surface area is 125 Å². The molecule has 1 aromatic heterocycles. The largest absolute Gasteiger partial charge is 0.477 e. The van der Waals surface area contributed by atoms with Gasteiger partial charge in [-0.2, -0.15) is 0 Å². The van der Waals surface area contributed by atoms with Crippen LogP contribution in [0, 0.1) is 11.8 Å². The normalized spacial score (nSPS) is 21.6. The Morgan fingerprint density at radius 2 is 1.95 bits per heavy atom. The second-order valence-electron chi connectivity index (χ2n) is 5.83. The highest BCUT2D eigenvalue weighted by molar-refractivity contribution is 5.89. The zero-order valence-corrected chi connectivity index (χ0v) is 12.5. The summed E-state index contributed by atoms with van der Waals surface area (Å²) in [6, 6.07) is 8.18. The standard InChI is InChI=1S/C18H22N2O/c1-13-6-2-3-7-14(13)12-21-18-17-9-5-4-8-16(17)15(10-19)11-20-18/h2-5,8-9,11,13-14H,6-7,10,12,19H2,1H3. The van der Waals surface area contributed by atoms with Crippen LogP contribution in [0.3, 0.4) is 0 Å². The maximum Gasteiger partial charge on any atom is 0.221 e. The lowest BCUT2D eigenvalue weighted by atomic mass is 9.85. The number of benzene rings is 1. The Kier molecular flexibility index (Phi) is 4.20. The number of fused-ring (bicyclic) bond motifs is 1. The number of pyridine rings is 1. The highest BCUT2D eigenvalue weighted by Crippen LogP contribution is 2.29. The van der Waals surface area contributed by atoms with Crippen LogP contribution in [0.2, 0.25) is 0 Å². The predicted molar refractivity (Wildman–Crippen MR) is 86.2 cm³/mol. The van der Waals surface area contributed by atoms with Crippen LogP contribution in [-0.4, -0.2) is 11.6 Å². The average molecular weight is 282 g/mol. The van der Waals surface area contributed by atoms with E-state index in [1.807, 2.05) is 18.3 Å². The summed E-state index contributed by atoms with van der Waals surface area (Å²) < 4.78 is 6.04. The Bertz CT molecular complexity index is 651. The second kappa shape index (κ2) is 6.27. The van der Waals surface area contributed by atoms with Crippen LogP contribution in [0.4, 0.5) is 0 Å². The van der Waals surface area contributed by atoms with Crippen LogP contribution in [0.1, 0.15) is 25.3 Å². The Balaban J connectivity index is 1.83. The van der Waals surface area contributed by atoms with Crippen molar-refractivity contribution in [2.45, 2.75) is 26.3 Å². The number of allylic oxidation sites excluding steroid dienone is 2. The lowest BCUT2D eigenvalue weighted by Gasteiger charge is -2.25. The Morgan fingerprint density at radius 1 is 1.19 bits per heavy atom. The van der Waals surface area contributed by atoms with Gasteiger partial charge in [0.2, 0.25) is 5.88 Å². The molecule has 0 amide bonds. The summed E-state index contributed by atoms with van der Waals surface area (Å²) in [6.07, 6.45) is 8.61. The first-order chi connectivity index (χ1) is 10.3. The van der Waals surface area contributed by atoms with Crippen LogP contribution in [0.25, 0.3) is 10.8 Å². The number of ether oxygens (including phenoxy) is 1. The van der Waals surface area contributed by atoms with Crippen LogP contribution in [0.5, 0.6) is 5.88 Å². The molecular formula is C18H22N2O. The molecular weight excluding hydrogens is 260 g/mol. The first-order valence-corrected chi connectivity index (χ1v) is 7.64. The Morgan fingerprint density at radius 3 is 2.71 bits per heavy atom. The average Bonchev–Trinajstić information content (AvgIpc) is 2.54. The van der Waals surface area contributed by atoms with E-state index in [1.54, 1.807) is 0 Å². The molecule has 0 spiro atoms. The fourth-order valence-electron chi connectivity index (χ4n) is 2.93. The summed E-state index contributed by atoms with van der Waals surface area (Å²) in [5, 5.41) is 2.20. The van der Waals surface area contributed by atoms with E-state index in [2.05, 4.69) is 36.2 Å². The summed E-state index contributed by atoms with van der Waals surface area (Å²) in [4.78, 5) is 4.47. The van der Waals surface area contributed by atoms with Gasteiger partial charge in [0.25, 0.3) is 0 Å². The zero-order valence-electron chi connectivity index (χ0n) is 12.5. The molecule has 110 valence electrons. The fourth-order valence-corrected chi connectivity index (χ4v) is 2.93. The maximum atomic E-state index is 6.04. The smallest absolute Gasteiger partial charge is 0.221 e. The van der Waals surface area contributed by atoms with Crippen molar-refractivity contribution >= 4 is 10.8 Å². The molecule has 0 bridgehead atoms. The van der Waals surface area contributed by atoms with E-state index in [9.17, 15) is 0 Å². The van der Waals surface area contributed by atoms with Crippen molar-refractivity contribution in [3.8, 4) is 5.88 Å². The van der Waals surface area contributed by atoms with Gasteiger partial charge >= 0.3 is 0 Å². The highest BCUT2D eigenvalue weighted by Gasteiger charge is 2.19. The number of hydrogen-bond donors (Lipinski definition) is 1. The Hall–Kier alpha value is -1.87. The molecule has 1 heterocycles. The van der Waals surface area contributed by atoms with Gasteiger partial charge in [0.05, 0.1) is 6.61 Å². The molecule has 2 aromatic rings. The van der Waals surface area contributed by atoms with Gasteiger partial charge in [0, 0.05) is 18.1 Å². The highest BCUT2D eigenvalue weighted by atomic mass is 16.5. The SMILES string of the molecule is CC1CC=CCC1COc1ncc(CN)c2ccccc12. The molecule has 1 aliphatic rings. The van der Waals surface area contributed by atoms with Gasteiger partial charge in [-0.15, -0.1) is 0 Å². The lowest BCUT2D eigenvalue weighted by molar-refractivity contribution is 0.195. The molecule has 0 aliphatic heterocycles. The lowest BCUT2D eigenvalue weighted by Crippen LogP contribution is -2.21. The number of rotatable bonds is 4. The molecule has 1 aliphatic carbocycles. The third-order valence-corrected chi connectivity index (χ3v) is 4.41. The quantitative estimate of drug-likeness (QED) is 0.870. The van der Waals surface area contributed by atoms with Gasteiger partial charge in [-0.25, -0.2) is 4.98 Å². The van der Waals surface area contributed by atoms with E-state index >= 15 is 0 Å². The molecule has 21 heavy (non-hydrogen) atoms. The van der Waals surface area contributed by atoms with Gasteiger partial charge < -0.3 is 10.5 Å². The molecule has 0 saturated heterocycles. The third kappa shape index (κ3) is 2.93. The molecule has 0 saturated carbocycles.